The normalized spacial score (nSPS) is 36.7. The van der Waals surface area contributed by atoms with E-state index in [9.17, 15) is 0 Å². The second-order valence-electron chi connectivity index (χ2n) is 11.8. The van der Waals surface area contributed by atoms with Crippen LogP contribution >= 0.6 is 0 Å². The second kappa shape index (κ2) is 4.98. The van der Waals surface area contributed by atoms with Crippen molar-refractivity contribution in [3.8, 4) is 0 Å². The lowest BCUT2D eigenvalue weighted by Gasteiger charge is -2.60. The van der Waals surface area contributed by atoms with Crippen LogP contribution in [0.5, 0.6) is 0 Å². The highest BCUT2D eigenvalue weighted by atomic mass is 15.1. The van der Waals surface area contributed by atoms with E-state index in [-0.39, 0.29) is 27.3 Å². The van der Waals surface area contributed by atoms with Crippen LogP contribution in [0.25, 0.3) is 0 Å². The van der Waals surface area contributed by atoms with E-state index in [1.54, 1.807) is 0 Å². The van der Waals surface area contributed by atoms with Crippen molar-refractivity contribution < 1.29 is 0 Å². The highest BCUT2D eigenvalue weighted by Gasteiger charge is 2.68. The number of hydrogen-bond donors (Lipinski definition) is 1. The van der Waals surface area contributed by atoms with E-state index in [1.807, 2.05) is 0 Å². The van der Waals surface area contributed by atoms with Crippen LogP contribution < -0.4 is 5.32 Å². The van der Waals surface area contributed by atoms with Gasteiger partial charge in [-0.05, 0) is 54.8 Å². The van der Waals surface area contributed by atoms with E-state index in [0.717, 1.165) is 0 Å². The minimum atomic E-state index is 0.0949. The van der Waals surface area contributed by atoms with E-state index in [0.29, 0.717) is 11.3 Å². The predicted octanol–water partition coefficient (Wildman–Crippen LogP) is 6.28. The maximum absolute atomic E-state index is 4.08. The monoisotopic (exact) mass is 309 g/mol. The second-order valence-corrected chi connectivity index (χ2v) is 11.8. The van der Waals surface area contributed by atoms with E-state index in [4.69, 9.17) is 0 Å². The molecule has 1 saturated heterocycles. The molecule has 1 aliphatic rings. The zero-order chi connectivity index (χ0) is 18.0. The predicted molar refractivity (Wildman–Crippen MR) is 100 cm³/mol. The van der Waals surface area contributed by atoms with Crippen molar-refractivity contribution >= 4 is 0 Å². The molecule has 0 aliphatic carbocycles. The standard InChI is InChI=1S/C21H43N/c1-15-19(10,11)22-21(13,17(5,6)7)20(15,12)18(8,9)14-16(2,3)4/h15,22H,14H2,1-13H3. The first-order chi connectivity index (χ1) is 9.32. The first-order valence-corrected chi connectivity index (χ1v) is 9.11. The fraction of sp³-hybridized carbons (Fsp3) is 1.00. The summed E-state index contributed by atoms with van der Waals surface area (Å²) >= 11 is 0. The highest BCUT2D eigenvalue weighted by molar-refractivity contribution is 5.23. The van der Waals surface area contributed by atoms with Gasteiger partial charge in [0.25, 0.3) is 0 Å². The number of nitrogens with one attached hydrogen (secondary N) is 1. The molecule has 132 valence electrons. The Hall–Kier alpha value is -0.0400. The SMILES string of the molecule is CC1C(C)(C)NC(C)(C(C)(C)C)C1(C)C(C)(C)CC(C)(C)C. The van der Waals surface area contributed by atoms with Gasteiger partial charge >= 0.3 is 0 Å². The molecule has 1 heteroatoms. The third kappa shape index (κ3) is 2.76. The van der Waals surface area contributed by atoms with E-state index < -0.39 is 0 Å². The third-order valence-corrected chi connectivity index (χ3v) is 7.44. The molecule has 1 nitrogen and oxygen atoms in total. The number of hydrogen-bond acceptors (Lipinski definition) is 1. The molecule has 0 amide bonds. The van der Waals surface area contributed by atoms with Crippen molar-refractivity contribution in [3.63, 3.8) is 0 Å². The molecule has 1 aliphatic heterocycles. The van der Waals surface area contributed by atoms with Gasteiger partial charge in [-0.1, -0.05) is 69.2 Å². The number of rotatable bonds is 2. The van der Waals surface area contributed by atoms with Gasteiger partial charge in [0.2, 0.25) is 0 Å². The molecule has 1 rings (SSSR count). The Morgan fingerprint density at radius 3 is 1.55 bits per heavy atom. The fourth-order valence-corrected chi connectivity index (χ4v) is 5.78. The van der Waals surface area contributed by atoms with E-state index >= 15 is 0 Å². The minimum Gasteiger partial charge on any atom is -0.305 e. The smallest absolute Gasteiger partial charge is 0.0268 e. The molecule has 0 bridgehead atoms. The molecule has 0 saturated carbocycles. The fourth-order valence-electron chi connectivity index (χ4n) is 5.78. The third-order valence-electron chi connectivity index (χ3n) is 7.44. The van der Waals surface area contributed by atoms with Gasteiger partial charge in [-0.25, -0.2) is 0 Å². The maximum Gasteiger partial charge on any atom is 0.0268 e. The van der Waals surface area contributed by atoms with E-state index in [2.05, 4.69) is 95.3 Å². The zero-order valence-electron chi connectivity index (χ0n) is 17.8. The maximum atomic E-state index is 4.08. The first-order valence-electron chi connectivity index (χ1n) is 9.11. The van der Waals surface area contributed by atoms with Crippen LogP contribution in [0.4, 0.5) is 0 Å². The Balaban J connectivity index is 3.55. The van der Waals surface area contributed by atoms with Gasteiger partial charge in [0, 0.05) is 11.1 Å². The van der Waals surface area contributed by atoms with Crippen molar-refractivity contribution in [2.45, 2.75) is 108 Å². The van der Waals surface area contributed by atoms with Crippen molar-refractivity contribution in [2.24, 2.45) is 27.6 Å². The molecule has 1 fully saturated rings. The first kappa shape index (κ1) is 20.0. The molecule has 0 aromatic heterocycles. The lowest BCUT2D eigenvalue weighted by atomic mass is 9.46. The Morgan fingerprint density at radius 1 is 0.818 bits per heavy atom. The summed E-state index contributed by atoms with van der Waals surface area (Å²) in [6.07, 6.45) is 1.24. The van der Waals surface area contributed by atoms with Crippen LogP contribution in [0, 0.1) is 27.6 Å². The quantitative estimate of drug-likeness (QED) is 0.633. The van der Waals surface area contributed by atoms with Gasteiger partial charge in [-0.2, -0.15) is 0 Å². The summed E-state index contributed by atoms with van der Waals surface area (Å²) in [6, 6.07) is 0. The van der Waals surface area contributed by atoms with Gasteiger partial charge in [-0.3, -0.25) is 0 Å². The molecule has 0 aromatic carbocycles. The van der Waals surface area contributed by atoms with Gasteiger partial charge in [-0.15, -0.1) is 0 Å². The summed E-state index contributed by atoms with van der Waals surface area (Å²) in [5, 5.41) is 4.08. The van der Waals surface area contributed by atoms with Gasteiger partial charge in [0.05, 0.1) is 0 Å². The Bertz CT molecular complexity index is 415. The molecule has 0 radical (unpaired) electrons. The Morgan fingerprint density at radius 2 is 1.23 bits per heavy atom. The van der Waals surface area contributed by atoms with Crippen LogP contribution in [0.15, 0.2) is 0 Å². The topological polar surface area (TPSA) is 12.0 Å². The van der Waals surface area contributed by atoms with Crippen molar-refractivity contribution in [3.05, 3.63) is 0 Å². The molecule has 1 N–H and O–H groups in total. The van der Waals surface area contributed by atoms with Gasteiger partial charge in [0.1, 0.15) is 0 Å². The van der Waals surface area contributed by atoms with Crippen molar-refractivity contribution in [1.82, 2.24) is 5.32 Å². The summed E-state index contributed by atoms with van der Waals surface area (Å²) < 4.78 is 0. The lowest BCUT2D eigenvalue weighted by Crippen LogP contribution is -2.63. The summed E-state index contributed by atoms with van der Waals surface area (Å²) in [4.78, 5) is 0. The van der Waals surface area contributed by atoms with Gasteiger partial charge < -0.3 is 5.32 Å². The summed E-state index contributed by atoms with van der Waals surface area (Å²) in [6.45, 7) is 31.6. The lowest BCUT2D eigenvalue weighted by molar-refractivity contribution is -0.0784. The molecule has 22 heavy (non-hydrogen) atoms. The van der Waals surface area contributed by atoms with Crippen LogP contribution in [0.2, 0.25) is 0 Å². The summed E-state index contributed by atoms with van der Waals surface area (Å²) in [5.74, 6) is 0.613. The molecule has 3 unspecified atom stereocenters. The van der Waals surface area contributed by atoms with E-state index in [1.165, 1.54) is 6.42 Å². The largest absolute Gasteiger partial charge is 0.305 e. The Labute approximate surface area is 141 Å². The molecule has 0 aromatic rings. The summed E-state index contributed by atoms with van der Waals surface area (Å²) in [5.41, 5.74) is 1.28. The zero-order valence-corrected chi connectivity index (χ0v) is 17.8. The highest BCUT2D eigenvalue weighted by Crippen LogP contribution is 2.66. The van der Waals surface area contributed by atoms with Crippen molar-refractivity contribution in [1.29, 1.82) is 0 Å². The Kier molecular flexibility index (Phi) is 4.53. The average Bonchev–Trinajstić information content (AvgIpc) is 2.34. The van der Waals surface area contributed by atoms with Crippen LogP contribution in [-0.2, 0) is 0 Å². The summed E-state index contributed by atoms with van der Waals surface area (Å²) in [7, 11) is 0. The molecular formula is C21H43N. The van der Waals surface area contributed by atoms with Crippen LogP contribution in [0.1, 0.15) is 96.4 Å². The molecule has 0 spiro atoms. The molecular weight excluding hydrogens is 266 g/mol. The van der Waals surface area contributed by atoms with Crippen LogP contribution in [0.3, 0.4) is 0 Å². The molecule has 3 atom stereocenters. The van der Waals surface area contributed by atoms with Gasteiger partial charge in [0.15, 0.2) is 0 Å². The van der Waals surface area contributed by atoms with Crippen LogP contribution in [-0.4, -0.2) is 11.1 Å². The average molecular weight is 310 g/mol. The van der Waals surface area contributed by atoms with Crippen molar-refractivity contribution in [2.75, 3.05) is 0 Å². The molecule has 1 heterocycles. The minimum absolute atomic E-state index is 0.0949.